The second-order valence-electron chi connectivity index (χ2n) is 4.53. The molecule has 0 aliphatic carbocycles. The van der Waals surface area contributed by atoms with E-state index in [2.05, 4.69) is 12.1 Å². The summed E-state index contributed by atoms with van der Waals surface area (Å²) in [4.78, 5) is 0. The monoisotopic (exact) mass is 239 g/mol. The summed E-state index contributed by atoms with van der Waals surface area (Å²) >= 11 is 0. The first-order valence-corrected chi connectivity index (χ1v) is 7.35. The number of rotatable bonds is 2. The first-order valence-electron chi connectivity index (χ1n) is 5.50. The molecular formula is C12H17NO2S. The van der Waals surface area contributed by atoms with Crippen molar-refractivity contribution in [3.05, 3.63) is 35.9 Å². The molecule has 88 valence electrons. The van der Waals surface area contributed by atoms with Crippen molar-refractivity contribution in [3.63, 3.8) is 0 Å². The van der Waals surface area contributed by atoms with Gasteiger partial charge in [0.05, 0.1) is 6.26 Å². The van der Waals surface area contributed by atoms with Crippen LogP contribution < -0.4 is 0 Å². The second kappa shape index (κ2) is 4.18. The van der Waals surface area contributed by atoms with Gasteiger partial charge in [-0.3, -0.25) is 0 Å². The maximum atomic E-state index is 11.5. The zero-order valence-corrected chi connectivity index (χ0v) is 10.4. The van der Waals surface area contributed by atoms with Crippen LogP contribution in [0.5, 0.6) is 0 Å². The van der Waals surface area contributed by atoms with Crippen LogP contribution in [0.2, 0.25) is 0 Å². The summed E-state index contributed by atoms with van der Waals surface area (Å²) in [6.45, 7) is 2.59. The SMILES string of the molecule is CC1CC(c2ccccc2)CN1S(C)(=O)=O. The Morgan fingerprint density at radius 3 is 2.38 bits per heavy atom. The molecule has 0 N–H and O–H groups in total. The minimum Gasteiger partial charge on any atom is -0.212 e. The van der Waals surface area contributed by atoms with E-state index in [0.717, 1.165) is 6.42 Å². The van der Waals surface area contributed by atoms with E-state index in [9.17, 15) is 8.42 Å². The Labute approximate surface area is 97.1 Å². The molecule has 1 heterocycles. The lowest BCUT2D eigenvalue weighted by Gasteiger charge is -2.17. The molecule has 2 rings (SSSR count). The zero-order valence-electron chi connectivity index (χ0n) is 9.63. The normalized spacial score (nSPS) is 27.1. The summed E-state index contributed by atoms with van der Waals surface area (Å²) in [6.07, 6.45) is 2.20. The molecule has 0 bridgehead atoms. The summed E-state index contributed by atoms with van der Waals surface area (Å²) in [7, 11) is -3.06. The Hall–Kier alpha value is -0.870. The highest BCUT2D eigenvalue weighted by molar-refractivity contribution is 7.88. The number of nitrogens with zero attached hydrogens (tertiary/aromatic N) is 1. The van der Waals surface area contributed by atoms with Crippen LogP contribution in [0.1, 0.15) is 24.8 Å². The lowest BCUT2D eigenvalue weighted by Crippen LogP contribution is -2.32. The van der Waals surface area contributed by atoms with E-state index in [0.29, 0.717) is 12.5 Å². The van der Waals surface area contributed by atoms with Crippen LogP contribution >= 0.6 is 0 Å². The van der Waals surface area contributed by atoms with Gasteiger partial charge in [0.15, 0.2) is 0 Å². The van der Waals surface area contributed by atoms with Crippen molar-refractivity contribution in [2.75, 3.05) is 12.8 Å². The minimum absolute atomic E-state index is 0.111. The fourth-order valence-electron chi connectivity index (χ4n) is 2.43. The quantitative estimate of drug-likeness (QED) is 0.789. The van der Waals surface area contributed by atoms with E-state index >= 15 is 0 Å². The van der Waals surface area contributed by atoms with Crippen LogP contribution in [0.4, 0.5) is 0 Å². The fraction of sp³-hybridized carbons (Fsp3) is 0.500. The minimum atomic E-state index is -3.06. The van der Waals surface area contributed by atoms with Crippen LogP contribution in [0.25, 0.3) is 0 Å². The van der Waals surface area contributed by atoms with Crippen LogP contribution in [-0.2, 0) is 10.0 Å². The van der Waals surface area contributed by atoms with E-state index < -0.39 is 10.0 Å². The van der Waals surface area contributed by atoms with Crippen LogP contribution in [0.3, 0.4) is 0 Å². The Morgan fingerprint density at radius 2 is 1.88 bits per heavy atom. The van der Waals surface area contributed by atoms with Gasteiger partial charge in [0.2, 0.25) is 10.0 Å². The number of hydrogen-bond donors (Lipinski definition) is 0. The zero-order chi connectivity index (χ0) is 11.8. The Bertz CT molecular complexity index is 455. The van der Waals surface area contributed by atoms with Gasteiger partial charge in [0.1, 0.15) is 0 Å². The molecule has 0 saturated carbocycles. The highest BCUT2D eigenvalue weighted by Gasteiger charge is 2.35. The topological polar surface area (TPSA) is 37.4 Å². The predicted molar refractivity (Wildman–Crippen MR) is 64.8 cm³/mol. The van der Waals surface area contributed by atoms with Crippen molar-refractivity contribution in [3.8, 4) is 0 Å². The van der Waals surface area contributed by atoms with Gasteiger partial charge in [-0.2, -0.15) is 4.31 Å². The van der Waals surface area contributed by atoms with Crippen LogP contribution in [0.15, 0.2) is 30.3 Å². The van der Waals surface area contributed by atoms with E-state index in [1.807, 2.05) is 25.1 Å². The second-order valence-corrected chi connectivity index (χ2v) is 6.46. The number of sulfonamides is 1. The summed E-state index contributed by atoms with van der Waals surface area (Å²) in [6, 6.07) is 10.2. The molecule has 1 aromatic carbocycles. The third-order valence-electron chi connectivity index (χ3n) is 3.21. The average Bonchev–Trinajstić information content (AvgIpc) is 2.61. The summed E-state index contributed by atoms with van der Waals surface area (Å²) in [5.74, 6) is 0.339. The van der Waals surface area contributed by atoms with Gasteiger partial charge in [-0.05, 0) is 24.8 Å². The molecular weight excluding hydrogens is 222 g/mol. The first-order chi connectivity index (χ1) is 7.48. The van der Waals surface area contributed by atoms with Gasteiger partial charge < -0.3 is 0 Å². The van der Waals surface area contributed by atoms with Crippen molar-refractivity contribution >= 4 is 10.0 Å². The molecule has 3 nitrogen and oxygen atoms in total. The maximum absolute atomic E-state index is 11.5. The van der Waals surface area contributed by atoms with E-state index in [1.54, 1.807) is 4.31 Å². The highest BCUT2D eigenvalue weighted by Crippen LogP contribution is 2.32. The van der Waals surface area contributed by atoms with Crippen LogP contribution in [-0.4, -0.2) is 31.6 Å². The Kier molecular flexibility index (Phi) is 3.04. The first kappa shape index (κ1) is 11.6. The van der Waals surface area contributed by atoms with Gasteiger partial charge in [0, 0.05) is 12.6 Å². The van der Waals surface area contributed by atoms with Gasteiger partial charge in [0.25, 0.3) is 0 Å². The molecule has 0 aromatic heterocycles. The van der Waals surface area contributed by atoms with E-state index in [1.165, 1.54) is 11.8 Å². The summed E-state index contributed by atoms with van der Waals surface area (Å²) < 4.78 is 24.7. The molecule has 16 heavy (non-hydrogen) atoms. The number of hydrogen-bond acceptors (Lipinski definition) is 2. The van der Waals surface area contributed by atoms with E-state index in [-0.39, 0.29) is 6.04 Å². The van der Waals surface area contributed by atoms with Crippen molar-refractivity contribution in [1.29, 1.82) is 0 Å². The summed E-state index contributed by atoms with van der Waals surface area (Å²) in [5, 5.41) is 0. The fourth-order valence-corrected chi connectivity index (χ4v) is 3.62. The molecule has 1 aromatic rings. The van der Waals surface area contributed by atoms with Gasteiger partial charge in [-0.15, -0.1) is 0 Å². The molecule has 0 radical (unpaired) electrons. The van der Waals surface area contributed by atoms with Gasteiger partial charge >= 0.3 is 0 Å². The molecule has 1 fully saturated rings. The average molecular weight is 239 g/mol. The third kappa shape index (κ3) is 2.28. The molecule has 2 atom stereocenters. The van der Waals surface area contributed by atoms with Gasteiger partial charge in [-0.25, -0.2) is 8.42 Å². The van der Waals surface area contributed by atoms with Crippen LogP contribution in [0, 0.1) is 0 Å². The van der Waals surface area contributed by atoms with E-state index in [4.69, 9.17) is 0 Å². The molecule has 1 aliphatic heterocycles. The van der Waals surface area contributed by atoms with Gasteiger partial charge in [-0.1, -0.05) is 30.3 Å². The van der Waals surface area contributed by atoms with Crippen molar-refractivity contribution in [2.45, 2.75) is 25.3 Å². The third-order valence-corrected chi connectivity index (χ3v) is 4.58. The Morgan fingerprint density at radius 1 is 1.25 bits per heavy atom. The molecule has 0 amide bonds. The lowest BCUT2D eigenvalue weighted by atomic mass is 9.97. The molecule has 2 unspecified atom stereocenters. The van der Waals surface area contributed by atoms with Crippen molar-refractivity contribution in [2.24, 2.45) is 0 Å². The Balaban J connectivity index is 2.19. The molecule has 1 saturated heterocycles. The predicted octanol–water partition coefficient (Wildman–Crippen LogP) is 1.82. The standard InChI is InChI=1S/C12H17NO2S/c1-10-8-12(9-13(10)16(2,14)15)11-6-4-3-5-7-11/h3-7,10,12H,8-9H2,1-2H3. The van der Waals surface area contributed by atoms with Crippen molar-refractivity contribution in [1.82, 2.24) is 4.31 Å². The molecule has 0 spiro atoms. The lowest BCUT2D eigenvalue weighted by molar-refractivity contribution is 0.411. The highest BCUT2D eigenvalue weighted by atomic mass is 32.2. The smallest absolute Gasteiger partial charge is 0.211 e. The molecule has 1 aliphatic rings. The maximum Gasteiger partial charge on any atom is 0.211 e. The summed E-state index contributed by atoms with van der Waals surface area (Å²) in [5.41, 5.74) is 1.24. The molecule has 4 heteroatoms. The van der Waals surface area contributed by atoms with Crippen molar-refractivity contribution < 1.29 is 8.42 Å². The largest absolute Gasteiger partial charge is 0.212 e. The number of benzene rings is 1.